The second-order valence-electron chi connectivity index (χ2n) is 7.17. The molecule has 2 aromatic rings. The SMILES string of the molecule is CN1CC[C@@H](C(=O)NC[C@@H](Cc2ccc3ccccc3c2)C(=O)O)CC1=O. The van der Waals surface area contributed by atoms with Crippen LogP contribution in [0.3, 0.4) is 0 Å². The Bertz CT molecular complexity index is 864. The molecule has 2 aromatic carbocycles. The van der Waals surface area contributed by atoms with Crippen LogP contribution in [-0.4, -0.2) is 47.9 Å². The molecule has 27 heavy (non-hydrogen) atoms. The van der Waals surface area contributed by atoms with E-state index < -0.39 is 11.9 Å². The molecule has 2 atom stereocenters. The first kappa shape index (κ1) is 18.9. The van der Waals surface area contributed by atoms with Crippen molar-refractivity contribution in [2.75, 3.05) is 20.1 Å². The first-order valence-corrected chi connectivity index (χ1v) is 9.16. The van der Waals surface area contributed by atoms with Gasteiger partial charge in [0, 0.05) is 32.5 Å². The monoisotopic (exact) mass is 368 g/mol. The molecule has 1 aliphatic rings. The van der Waals surface area contributed by atoms with Crippen LogP contribution >= 0.6 is 0 Å². The maximum Gasteiger partial charge on any atom is 0.308 e. The van der Waals surface area contributed by atoms with Gasteiger partial charge in [0.2, 0.25) is 11.8 Å². The number of nitrogens with one attached hydrogen (secondary N) is 1. The number of aliphatic carboxylic acids is 1. The Labute approximate surface area is 158 Å². The summed E-state index contributed by atoms with van der Waals surface area (Å²) in [5, 5.41) is 14.4. The first-order valence-electron chi connectivity index (χ1n) is 9.16. The van der Waals surface area contributed by atoms with Gasteiger partial charge in [-0.3, -0.25) is 14.4 Å². The van der Waals surface area contributed by atoms with E-state index in [1.165, 1.54) is 0 Å². The van der Waals surface area contributed by atoms with Crippen molar-refractivity contribution in [2.24, 2.45) is 11.8 Å². The van der Waals surface area contributed by atoms with E-state index >= 15 is 0 Å². The second-order valence-corrected chi connectivity index (χ2v) is 7.17. The van der Waals surface area contributed by atoms with E-state index in [4.69, 9.17) is 0 Å². The number of fused-ring (bicyclic) bond motifs is 1. The van der Waals surface area contributed by atoms with E-state index in [0.29, 0.717) is 19.4 Å². The molecule has 0 aliphatic carbocycles. The molecule has 0 aromatic heterocycles. The highest BCUT2D eigenvalue weighted by molar-refractivity contribution is 5.87. The number of carbonyl (C=O) groups is 3. The van der Waals surface area contributed by atoms with Crippen LogP contribution in [0.4, 0.5) is 0 Å². The zero-order valence-corrected chi connectivity index (χ0v) is 15.4. The van der Waals surface area contributed by atoms with Crippen molar-refractivity contribution in [3.8, 4) is 0 Å². The molecular weight excluding hydrogens is 344 g/mol. The number of benzene rings is 2. The lowest BCUT2D eigenvalue weighted by atomic mass is 9.94. The molecule has 0 radical (unpaired) electrons. The van der Waals surface area contributed by atoms with E-state index in [0.717, 1.165) is 16.3 Å². The fourth-order valence-corrected chi connectivity index (χ4v) is 3.43. The van der Waals surface area contributed by atoms with Crippen LogP contribution in [0.25, 0.3) is 10.8 Å². The molecule has 0 saturated carbocycles. The molecule has 0 spiro atoms. The van der Waals surface area contributed by atoms with Gasteiger partial charge in [0.15, 0.2) is 0 Å². The number of nitrogens with zero attached hydrogens (tertiary/aromatic N) is 1. The fraction of sp³-hybridized carbons (Fsp3) is 0.381. The summed E-state index contributed by atoms with van der Waals surface area (Å²) in [5.74, 6) is -2.31. The van der Waals surface area contributed by atoms with Gasteiger partial charge >= 0.3 is 5.97 Å². The molecule has 2 amide bonds. The largest absolute Gasteiger partial charge is 0.481 e. The zero-order chi connectivity index (χ0) is 19.4. The molecule has 2 N–H and O–H groups in total. The summed E-state index contributed by atoms with van der Waals surface area (Å²) in [6.07, 6.45) is 1.13. The van der Waals surface area contributed by atoms with Crippen molar-refractivity contribution in [3.63, 3.8) is 0 Å². The molecule has 0 unspecified atom stereocenters. The molecule has 1 heterocycles. The van der Waals surface area contributed by atoms with E-state index in [-0.39, 0.29) is 30.7 Å². The summed E-state index contributed by atoms with van der Waals surface area (Å²) in [6, 6.07) is 13.8. The van der Waals surface area contributed by atoms with Crippen LogP contribution in [0.1, 0.15) is 18.4 Å². The number of likely N-dealkylation sites (tertiary alicyclic amines) is 1. The van der Waals surface area contributed by atoms with Gasteiger partial charge in [-0.15, -0.1) is 0 Å². The zero-order valence-electron chi connectivity index (χ0n) is 15.4. The van der Waals surface area contributed by atoms with Crippen LogP contribution in [0, 0.1) is 11.8 Å². The third kappa shape index (κ3) is 4.64. The normalized spacial score (nSPS) is 18.3. The van der Waals surface area contributed by atoms with Crippen LogP contribution in [0.5, 0.6) is 0 Å². The van der Waals surface area contributed by atoms with Crippen LogP contribution in [-0.2, 0) is 20.8 Å². The number of hydrogen-bond donors (Lipinski definition) is 2. The molecule has 6 nitrogen and oxygen atoms in total. The summed E-state index contributed by atoms with van der Waals surface area (Å²) >= 11 is 0. The lowest BCUT2D eigenvalue weighted by Gasteiger charge is -2.28. The molecule has 1 aliphatic heterocycles. The quantitative estimate of drug-likeness (QED) is 0.817. The van der Waals surface area contributed by atoms with E-state index in [9.17, 15) is 19.5 Å². The third-order valence-electron chi connectivity index (χ3n) is 5.20. The highest BCUT2D eigenvalue weighted by atomic mass is 16.4. The van der Waals surface area contributed by atoms with Crippen LogP contribution < -0.4 is 5.32 Å². The topological polar surface area (TPSA) is 86.7 Å². The van der Waals surface area contributed by atoms with Crippen molar-refractivity contribution in [1.82, 2.24) is 10.2 Å². The minimum atomic E-state index is -0.942. The van der Waals surface area contributed by atoms with Gasteiger partial charge in [-0.2, -0.15) is 0 Å². The summed E-state index contributed by atoms with van der Waals surface area (Å²) in [6.45, 7) is 0.609. The average molecular weight is 368 g/mol. The van der Waals surface area contributed by atoms with Crippen molar-refractivity contribution in [3.05, 3.63) is 48.0 Å². The van der Waals surface area contributed by atoms with Gasteiger partial charge < -0.3 is 15.3 Å². The molecule has 0 bridgehead atoms. The number of hydrogen-bond acceptors (Lipinski definition) is 3. The van der Waals surface area contributed by atoms with E-state index in [1.807, 2.05) is 42.5 Å². The molecule has 142 valence electrons. The lowest BCUT2D eigenvalue weighted by molar-refractivity contribution is -0.142. The van der Waals surface area contributed by atoms with Gasteiger partial charge in [0.05, 0.1) is 5.92 Å². The van der Waals surface area contributed by atoms with Gasteiger partial charge in [-0.1, -0.05) is 42.5 Å². The maximum atomic E-state index is 12.3. The van der Waals surface area contributed by atoms with E-state index in [2.05, 4.69) is 5.32 Å². The molecule has 3 rings (SSSR count). The van der Waals surface area contributed by atoms with Crippen molar-refractivity contribution in [2.45, 2.75) is 19.3 Å². The Morgan fingerprint density at radius 1 is 1.22 bits per heavy atom. The number of carboxylic acid groups (broad SMARTS) is 1. The van der Waals surface area contributed by atoms with Crippen molar-refractivity contribution >= 4 is 28.6 Å². The van der Waals surface area contributed by atoms with Gasteiger partial charge in [-0.05, 0) is 29.2 Å². The highest BCUT2D eigenvalue weighted by Crippen LogP contribution is 2.19. The average Bonchev–Trinajstić information content (AvgIpc) is 2.66. The number of rotatable bonds is 6. The Morgan fingerprint density at radius 3 is 2.67 bits per heavy atom. The summed E-state index contributed by atoms with van der Waals surface area (Å²) < 4.78 is 0. The summed E-state index contributed by atoms with van der Waals surface area (Å²) in [4.78, 5) is 37.3. The second kappa shape index (κ2) is 8.20. The summed E-state index contributed by atoms with van der Waals surface area (Å²) in [7, 11) is 1.72. The highest BCUT2D eigenvalue weighted by Gasteiger charge is 2.29. The van der Waals surface area contributed by atoms with Gasteiger partial charge in [0.1, 0.15) is 0 Å². The van der Waals surface area contributed by atoms with Gasteiger partial charge in [0.25, 0.3) is 0 Å². The number of piperidine rings is 1. The minimum absolute atomic E-state index is 0.0488. The summed E-state index contributed by atoms with van der Waals surface area (Å²) in [5.41, 5.74) is 0.921. The van der Waals surface area contributed by atoms with Crippen molar-refractivity contribution in [1.29, 1.82) is 0 Å². The van der Waals surface area contributed by atoms with Crippen molar-refractivity contribution < 1.29 is 19.5 Å². The fourth-order valence-electron chi connectivity index (χ4n) is 3.43. The predicted octanol–water partition coefficient (Wildman–Crippen LogP) is 2.07. The smallest absolute Gasteiger partial charge is 0.308 e. The van der Waals surface area contributed by atoms with Crippen LogP contribution in [0.15, 0.2) is 42.5 Å². The number of carbonyl (C=O) groups excluding carboxylic acids is 2. The number of amides is 2. The van der Waals surface area contributed by atoms with E-state index in [1.54, 1.807) is 11.9 Å². The minimum Gasteiger partial charge on any atom is -0.481 e. The maximum absolute atomic E-state index is 12.3. The Morgan fingerprint density at radius 2 is 1.96 bits per heavy atom. The molecular formula is C21H24N2O4. The first-order chi connectivity index (χ1) is 12.9. The standard InChI is InChI=1S/C21H24N2O4/c1-23-9-8-17(12-19(23)24)20(25)22-13-18(21(26)27)11-14-6-7-15-4-2-3-5-16(15)10-14/h2-7,10,17-18H,8-9,11-13H2,1H3,(H,22,25)(H,26,27)/t17-,18-/m1/s1. The molecule has 6 heteroatoms. The lowest BCUT2D eigenvalue weighted by Crippen LogP contribution is -2.43. The van der Waals surface area contributed by atoms with Gasteiger partial charge in [-0.25, -0.2) is 0 Å². The van der Waals surface area contributed by atoms with Crippen LogP contribution in [0.2, 0.25) is 0 Å². The molecule has 1 fully saturated rings. The Hall–Kier alpha value is -2.89. The predicted molar refractivity (Wildman–Crippen MR) is 102 cm³/mol. The Kier molecular flexibility index (Phi) is 5.74. The third-order valence-corrected chi connectivity index (χ3v) is 5.20. The Balaban J connectivity index is 1.61. The molecule has 1 saturated heterocycles. The number of carboxylic acids is 1.